The number of hydrogen-bond acceptors (Lipinski definition) is 6. The highest BCUT2D eigenvalue weighted by atomic mass is 32.2. The van der Waals surface area contributed by atoms with Crippen molar-refractivity contribution in [3.63, 3.8) is 0 Å². The number of hydrazine groups is 1. The Morgan fingerprint density at radius 2 is 2.00 bits per heavy atom. The van der Waals surface area contributed by atoms with Gasteiger partial charge in [0.25, 0.3) is 0 Å². The quantitative estimate of drug-likeness (QED) is 0.595. The second-order valence-electron chi connectivity index (χ2n) is 6.92. The molecule has 2 unspecified atom stereocenters. The first-order valence-corrected chi connectivity index (χ1v) is 10.6. The molecule has 21 heavy (non-hydrogen) atoms. The van der Waals surface area contributed by atoms with E-state index in [1.165, 1.54) is 6.26 Å². The van der Waals surface area contributed by atoms with Crippen molar-refractivity contribution in [3.05, 3.63) is 0 Å². The molecule has 3 N–H and O–H groups in total. The van der Waals surface area contributed by atoms with Crippen LogP contribution in [0.25, 0.3) is 0 Å². The number of rotatable bonds is 4. The lowest BCUT2D eigenvalue weighted by molar-refractivity contribution is -0.108. The maximum atomic E-state index is 12.1. The summed E-state index contributed by atoms with van der Waals surface area (Å²) >= 11 is 1.97. The lowest BCUT2D eigenvalue weighted by Crippen LogP contribution is -2.60. The smallest absolute Gasteiger partial charge is 0.154 e. The van der Waals surface area contributed by atoms with Crippen LogP contribution in [0.1, 0.15) is 39.5 Å². The second kappa shape index (κ2) is 6.35. The van der Waals surface area contributed by atoms with E-state index in [-0.39, 0.29) is 17.6 Å². The van der Waals surface area contributed by atoms with E-state index in [0.717, 1.165) is 37.2 Å². The Hall–Kier alpha value is 0.180. The summed E-state index contributed by atoms with van der Waals surface area (Å²) in [6, 6.07) is -0.247. The first-order valence-electron chi connectivity index (χ1n) is 7.59. The first kappa shape index (κ1) is 17.5. The third kappa shape index (κ3) is 3.58. The molecule has 5 nitrogen and oxygen atoms in total. The molecule has 0 amide bonds. The van der Waals surface area contributed by atoms with Gasteiger partial charge >= 0.3 is 0 Å². The molecule has 0 aromatic rings. The Balaban J connectivity index is 2.18. The zero-order chi connectivity index (χ0) is 15.7. The molecule has 0 aromatic carbocycles. The molecule has 0 aliphatic carbocycles. The van der Waals surface area contributed by atoms with Crippen molar-refractivity contribution in [1.29, 1.82) is 0 Å². The molecule has 0 saturated carbocycles. The SMILES string of the molecule is CC(C)(C(NN)C1CCOC2(CCSCC2)C1)S(C)(=O)=O. The molecule has 2 aliphatic heterocycles. The molecular formula is C14H28N2O3S2. The standard InChI is InChI=1S/C14H28N2O3S2/c1-13(2,21(3,17)18)12(16-15)11-4-7-19-14(10-11)5-8-20-9-6-14/h11-12,16H,4-10,15H2,1-3H3. The molecule has 2 saturated heterocycles. The van der Waals surface area contributed by atoms with Crippen LogP contribution in [0.15, 0.2) is 0 Å². The molecule has 2 aliphatic rings. The third-order valence-corrected chi connectivity index (χ3v) is 8.44. The molecular weight excluding hydrogens is 308 g/mol. The summed E-state index contributed by atoms with van der Waals surface area (Å²) in [5.74, 6) is 8.23. The van der Waals surface area contributed by atoms with Gasteiger partial charge in [-0.3, -0.25) is 11.3 Å². The minimum absolute atomic E-state index is 0.0587. The molecule has 124 valence electrons. The zero-order valence-electron chi connectivity index (χ0n) is 13.2. The van der Waals surface area contributed by atoms with Crippen LogP contribution in [-0.4, -0.2) is 49.2 Å². The van der Waals surface area contributed by atoms with Gasteiger partial charge < -0.3 is 4.74 Å². The normalized spacial score (nSPS) is 28.5. The number of nitrogens with one attached hydrogen (secondary N) is 1. The number of ether oxygens (including phenoxy) is 1. The summed E-state index contributed by atoms with van der Waals surface area (Å²) in [5.41, 5.74) is 2.74. The number of sulfone groups is 1. The van der Waals surface area contributed by atoms with E-state index in [9.17, 15) is 8.42 Å². The topological polar surface area (TPSA) is 81.4 Å². The fourth-order valence-electron chi connectivity index (χ4n) is 3.58. The van der Waals surface area contributed by atoms with Gasteiger partial charge in [0.2, 0.25) is 0 Å². The predicted molar refractivity (Wildman–Crippen MR) is 88.0 cm³/mol. The number of thioether (sulfide) groups is 1. The summed E-state index contributed by atoms with van der Waals surface area (Å²) in [5, 5.41) is 0. The van der Waals surface area contributed by atoms with Crippen molar-refractivity contribution in [2.24, 2.45) is 11.8 Å². The molecule has 0 bridgehead atoms. The largest absolute Gasteiger partial charge is 0.375 e. The zero-order valence-corrected chi connectivity index (χ0v) is 14.9. The van der Waals surface area contributed by atoms with E-state index in [1.807, 2.05) is 11.8 Å². The average Bonchev–Trinajstić information content (AvgIpc) is 2.39. The predicted octanol–water partition coefficient (Wildman–Crippen LogP) is 1.33. The first-order chi connectivity index (χ1) is 9.72. The fraction of sp³-hybridized carbons (Fsp3) is 1.00. The van der Waals surface area contributed by atoms with Crippen molar-refractivity contribution < 1.29 is 13.2 Å². The molecule has 2 rings (SSSR count). The number of nitrogens with two attached hydrogens (primary N) is 1. The van der Waals surface area contributed by atoms with Gasteiger partial charge in [-0.1, -0.05) is 0 Å². The van der Waals surface area contributed by atoms with Gasteiger partial charge in [-0.2, -0.15) is 11.8 Å². The third-order valence-electron chi connectivity index (χ3n) is 5.29. The van der Waals surface area contributed by atoms with E-state index >= 15 is 0 Å². The maximum absolute atomic E-state index is 12.1. The summed E-state index contributed by atoms with van der Waals surface area (Å²) < 4.78 is 29.5. The summed E-state index contributed by atoms with van der Waals surface area (Å²) in [6.45, 7) is 4.24. The lowest BCUT2D eigenvalue weighted by atomic mass is 9.76. The Labute approximate surface area is 132 Å². The summed E-state index contributed by atoms with van der Waals surface area (Å²) in [7, 11) is -3.19. The van der Waals surface area contributed by atoms with Gasteiger partial charge in [0.05, 0.1) is 10.3 Å². The van der Waals surface area contributed by atoms with E-state index < -0.39 is 14.6 Å². The highest BCUT2D eigenvalue weighted by Crippen LogP contribution is 2.42. The molecule has 2 atom stereocenters. The van der Waals surface area contributed by atoms with Crippen molar-refractivity contribution >= 4 is 21.6 Å². The molecule has 2 heterocycles. The van der Waals surface area contributed by atoms with Crippen LogP contribution in [0, 0.1) is 5.92 Å². The monoisotopic (exact) mass is 336 g/mol. The van der Waals surface area contributed by atoms with E-state index in [2.05, 4.69) is 5.43 Å². The molecule has 0 aromatic heterocycles. The molecule has 2 fully saturated rings. The Morgan fingerprint density at radius 3 is 2.52 bits per heavy atom. The minimum atomic E-state index is -3.19. The lowest BCUT2D eigenvalue weighted by Gasteiger charge is -2.47. The van der Waals surface area contributed by atoms with Gasteiger partial charge in [-0.05, 0) is 57.0 Å². The highest BCUT2D eigenvalue weighted by Gasteiger charge is 2.47. The van der Waals surface area contributed by atoms with Crippen LogP contribution < -0.4 is 11.3 Å². The van der Waals surface area contributed by atoms with Gasteiger partial charge in [0, 0.05) is 18.9 Å². The Morgan fingerprint density at radius 1 is 1.38 bits per heavy atom. The van der Waals surface area contributed by atoms with Gasteiger partial charge in [-0.15, -0.1) is 0 Å². The highest BCUT2D eigenvalue weighted by molar-refractivity contribution is 7.99. The van der Waals surface area contributed by atoms with Crippen molar-refractivity contribution in [1.82, 2.24) is 5.43 Å². The van der Waals surface area contributed by atoms with Gasteiger partial charge in [0.15, 0.2) is 9.84 Å². The van der Waals surface area contributed by atoms with Crippen LogP contribution in [0.5, 0.6) is 0 Å². The van der Waals surface area contributed by atoms with Crippen molar-refractivity contribution in [3.8, 4) is 0 Å². The average molecular weight is 337 g/mol. The van der Waals surface area contributed by atoms with Gasteiger partial charge in [-0.25, -0.2) is 8.42 Å². The Bertz CT molecular complexity index is 453. The van der Waals surface area contributed by atoms with Crippen LogP contribution >= 0.6 is 11.8 Å². The van der Waals surface area contributed by atoms with Crippen molar-refractivity contribution in [2.75, 3.05) is 24.4 Å². The van der Waals surface area contributed by atoms with E-state index in [4.69, 9.17) is 10.6 Å². The van der Waals surface area contributed by atoms with Crippen LogP contribution in [-0.2, 0) is 14.6 Å². The fourth-order valence-corrected chi connectivity index (χ4v) is 5.54. The number of hydrogen-bond donors (Lipinski definition) is 2. The molecule has 7 heteroatoms. The molecule has 1 spiro atoms. The summed E-state index contributed by atoms with van der Waals surface area (Å²) in [6.07, 6.45) is 5.18. The molecule has 0 radical (unpaired) electrons. The van der Waals surface area contributed by atoms with Crippen LogP contribution in [0.4, 0.5) is 0 Å². The van der Waals surface area contributed by atoms with E-state index in [0.29, 0.717) is 6.61 Å². The van der Waals surface area contributed by atoms with Gasteiger partial charge in [0.1, 0.15) is 0 Å². The van der Waals surface area contributed by atoms with Crippen molar-refractivity contribution in [2.45, 2.75) is 55.9 Å². The minimum Gasteiger partial charge on any atom is -0.375 e. The van der Waals surface area contributed by atoms with Crippen LogP contribution in [0.2, 0.25) is 0 Å². The van der Waals surface area contributed by atoms with Crippen LogP contribution in [0.3, 0.4) is 0 Å². The Kier molecular flexibility index (Phi) is 5.31. The summed E-state index contributed by atoms with van der Waals surface area (Å²) in [4.78, 5) is 0. The van der Waals surface area contributed by atoms with E-state index in [1.54, 1.807) is 13.8 Å². The maximum Gasteiger partial charge on any atom is 0.154 e. The second-order valence-corrected chi connectivity index (χ2v) is 10.7.